The SMILES string of the molecule is C[Si](C)OCC(Cn1nc(I)c2cc(F)ccc21)C(C)(C)C. The Balaban J connectivity index is 2.30. The molecule has 0 N–H and O–H groups in total. The number of rotatable bonds is 5. The van der Waals surface area contributed by atoms with Crippen molar-refractivity contribution in [3.63, 3.8) is 0 Å². The molecule has 0 aliphatic carbocycles. The van der Waals surface area contributed by atoms with Crippen LogP contribution in [0.15, 0.2) is 18.2 Å². The molecule has 121 valence electrons. The smallest absolute Gasteiger partial charge is 0.204 e. The Bertz CT molecular complexity index is 651. The lowest BCUT2D eigenvalue weighted by Gasteiger charge is -2.31. The molecule has 1 aromatic carbocycles. The van der Waals surface area contributed by atoms with Gasteiger partial charge in [0.25, 0.3) is 0 Å². The zero-order valence-corrected chi connectivity index (χ0v) is 16.9. The van der Waals surface area contributed by atoms with Gasteiger partial charge in [-0.25, -0.2) is 4.39 Å². The highest BCUT2D eigenvalue weighted by molar-refractivity contribution is 14.1. The molecule has 1 heterocycles. The molecular formula is C16H23FIN2OSi. The van der Waals surface area contributed by atoms with E-state index in [4.69, 9.17) is 4.43 Å². The van der Waals surface area contributed by atoms with Crippen LogP contribution in [0.4, 0.5) is 4.39 Å². The number of halogens is 2. The van der Waals surface area contributed by atoms with Gasteiger partial charge in [0.2, 0.25) is 9.04 Å². The van der Waals surface area contributed by atoms with E-state index in [1.165, 1.54) is 6.07 Å². The summed E-state index contributed by atoms with van der Waals surface area (Å²) in [5.41, 5.74) is 1.11. The van der Waals surface area contributed by atoms with Crippen LogP contribution in [0.3, 0.4) is 0 Å². The van der Waals surface area contributed by atoms with Crippen LogP contribution in [0.25, 0.3) is 10.9 Å². The minimum Gasteiger partial charge on any atom is -0.417 e. The maximum atomic E-state index is 13.4. The number of nitrogens with zero attached hydrogens (tertiary/aromatic N) is 2. The molecule has 6 heteroatoms. The molecule has 0 bridgehead atoms. The fourth-order valence-electron chi connectivity index (χ4n) is 2.30. The molecule has 0 saturated heterocycles. The van der Waals surface area contributed by atoms with Crippen molar-refractivity contribution >= 4 is 42.5 Å². The van der Waals surface area contributed by atoms with Crippen molar-refractivity contribution in [3.8, 4) is 0 Å². The van der Waals surface area contributed by atoms with Gasteiger partial charge in [-0.3, -0.25) is 4.68 Å². The predicted octanol–water partition coefficient (Wildman–Crippen LogP) is 4.71. The van der Waals surface area contributed by atoms with Crippen molar-refractivity contribution in [2.45, 2.75) is 40.4 Å². The highest BCUT2D eigenvalue weighted by Crippen LogP contribution is 2.30. The van der Waals surface area contributed by atoms with Gasteiger partial charge < -0.3 is 4.43 Å². The van der Waals surface area contributed by atoms with Gasteiger partial charge in [-0.15, -0.1) is 0 Å². The summed E-state index contributed by atoms with van der Waals surface area (Å²) < 4.78 is 22.2. The molecule has 1 aromatic heterocycles. The normalized spacial score (nSPS) is 14.0. The number of hydrogen-bond acceptors (Lipinski definition) is 2. The summed E-state index contributed by atoms with van der Waals surface area (Å²) in [6.45, 7) is 12.5. The molecule has 3 nitrogen and oxygen atoms in total. The Kier molecular flexibility index (Phi) is 5.66. The summed E-state index contributed by atoms with van der Waals surface area (Å²) in [7, 11) is -0.704. The zero-order chi connectivity index (χ0) is 16.5. The maximum Gasteiger partial charge on any atom is 0.204 e. The first-order valence-electron chi connectivity index (χ1n) is 7.43. The average Bonchev–Trinajstić information content (AvgIpc) is 2.69. The zero-order valence-electron chi connectivity index (χ0n) is 13.8. The van der Waals surface area contributed by atoms with E-state index in [2.05, 4.69) is 61.6 Å². The molecule has 0 aliphatic heterocycles. The molecule has 0 spiro atoms. The van der Waals surface area contributed by atoms with E-state index >= 15 is 0 Å². The van der Waals surface area contributed by atoms with Gasteiger partial charge in [0, 0.05) is 24.5 Å². The Morgan fingerprint density at radius 2 is 2.05 bits per heavy atom. The average molecular weight is 433 g/mol. The molecule has 2 aromatic rings. The second-order valence-electron chi connectivity index (χ2n) is 6.92. The number of benzene rings is 1. The monoisotopic (exact) mass is 433 g/mol. The standard InChI is InChI=1S/C16H23FIN2OSi/c1-16(2,3)11(10-21-22(4)5)9-20-14-7-6-12(17)8-13(14)15(18)19-20/h6-8,11H,9-10H2,1-5H3. The van der Waals surface area contributed by atoms with Crippen LogP contribution in [-0.2, 0) is 11.0 Å². The van der Waals surface area contributed by atoms with Gasteiger partial charge in [-0.1, -0.05) is 20.8 Å². The molecule has 0 fully saturated rings. The van der Waals surface area contributed by atoms with Gasteiger partial charge in [-0.2, -0.15) is 5.10 Å². The van der Waals surface area contributed by atoms with Crippen LogP contribution < -0.4 is 0 Å². The first-order chi connectivity index (χ1) is 10.2. The third kappa shape index (κ3) is 4.29. The van der Waals surface area contributed by atoms with Crippen LogP contribution in [0.2, 0.25) is 13.1 Å². The third-order valence-electron chi connectivity index (χ3n) is 3.86. The second kappa shape index (κ2) is 6.96. The third-order valence-corrected chi connectivity index (χ3v) is 5.40. The van der Waals surface area contributed by atoms with E-state index in [0.717, 1.165) is 27.8 Å². The van der Waals surface area contributed by atoms with Crippen LogP contribution in [-0.4, -0.2) is 25.4 Å². The van der Waals surface area contributed by atoms with Crippen LogP contribution in [0.1, 0.15) is 20.8 Å². The molecule has 1 radical (unpaired) electrons. The van der Waals surface area contributed by atoms with Crippen molar-refractivity contribution in [1.82, 2.24) is 9.78 Å². The predicted molar refractivity (Wildman–Crippen MR) is 98.8 cm³/mol. The lowest BCUT2D eigenvalue weighted by Crippen LogP contribution is -2.31. The number of fused-ring (bicyclic) bond motifs is 1. The van der Waals surface area contributed by atoms with Crippen LogP contribution in [0.5, 0.6) is 0 Å². The fourth-order valence-corrected chi connectivity index (χ4v) is 3.53. The molecule has 22 heavy (non-hydrogen) atoms. The summed E-state index contributed by atoms with van der Waals surface area (Å²) in [6.07, 6.45) is 0. The molecule has 2 rings (SSSR count). The van der Waals surface area contributed by atoms with Crippen molar-refractivity contribution < 1.29 is 8.82 Å². The van der Waals surface area contributed by atoms with Gasteiger partial charge in [0.05, 0.1) is 5.52 Å². The van der Waals surface area contributed by atoms with Gasteiger partial charge >= 0.3 is 0 Å². The van der Waals surface area contributed by atoms with Crippen molar-refractivity contribution in [2.24, 2.45) is 11.3 Å². The van der Waals surface area contributed by atoms with Crippen molar-refractivity contribution in [3.05, 3.63) is 27.7 Å². The van der Waals surface area contributed by atoms with E-state index in [0.29, 0.717) is 5.92 Å². The van der Waals surface area contributed by atoms with E-state index in [-0.39, 0.29) is 11.2 Å². The first-order valence-corrected chi connectivity index (χ1v) is 10.9. The van der Waals surface area contributed by atoms with E-state index < -0.39 is 9.04 Å². The lowest BCUT2D eigenvalue weighted by molar-refractivity contribution is 0.127. The number of aromatic nitrogens is 2. The highest BCUT2D eigenvalue weighted by atomic mass is 127. The minimum atomic E-state index is -0.704. The Morgan fingerprint density at radius 3 is 2.64 bits per heavy atom. The molecule has 0 amide bonds. The van der Waals surface area contributed by atoms with Crippen molar-refractivity contribution in [1.29, 1.82) is 0 Å². The Hall–Kier alpha value is -0.473. The van der Waals surface area contributed by atoms with E-state index in [1.807, 2.05) is 10.7 Å². The summed E-state index contributed by atoms with van der Waals surface area (Å²) in [4.78, 5) is 0. The molecular weight excluding hydrogens is 410 g/mol. The van der Waals surface area contributed by atoms with Gasteiger partial charge in [0.15, 0.2) is 0 Å². The van der Waals surface area contributed by atoms with E-state index in [1.54, 1.807) is 6.07 Å². The van der Waals surface area contributed by atoms with Crippen LogP contribution in [0, 0.1) is 20.9 Å². The first kappa shape index (κ1) is 17.9. The molecule has 0 aliphatic rings. The summed E-state index contributed by atoms with van der Waals surface area (Å²) in [6, 6.07) is 4.87. The lowest BCUT2D eigenvalue weighted by atomic mass is 9.81. The molecule has 1 atom stereocenters. The summed E-state index contributed by atoms with van der Waals surface area (Å²) in [5.74, 6) is 0.140. The van der Waals surface area contributed by atoms with Crippen LogP contribution >= 0.6 is 22.6 Å². The molecule has 1 unspecified atom stereocenters. The Labute approximate surface area is 147 Å². The maximum absolute atomic E-state index is 13.4. The highest BCUT2D eigenvalue weighted by Gasteiger charge is 2.27. The quantitative estimate of drug-likeness (QED) is 0.505. The van der Waals surface area contributed by atoms with E-state index in [9.17, 15) is 4.39 Å². The fraction of sp³-hybridized carbons (Fsp3) is 0.562. The molecule has 0 saturated carbocycles. The van der Waals surface area contributed by atoms with Gasteiger partial charge in [-0.05, 0) is 59.3 Å². The minimum absolute atomic E-state index is 0.126. The van der Waals surface area contributed by atoms with Crippen molar-refractivity contribution in [2.75, 3.05) is 6.61 Å². The summed E-state index contributed by atoms with van der Waals surface area (Å²) >= 11 is 2.17. The Morgan fingerprint density at radius 1 is 1.36 bits per heavy atom. The second-order valence-corrected chi connectivity index (χ2v) is 10.0. The topological polar surface area (TPSA) is 27.1 Å². The van der Waals surface area contributed by atoms with Gasteiger partial charge in [0.1, 0.15) is 9.52 Å². The summed E-state index contributed by atoms with van der Waals surface area (Å²) in [5, 5.41) is 5.48. The largest absolute Gasteiger partial charge is 0.417 e. The number of hydrogen-bond donors (Lipinski definition) is 0.